The van der Waals surface area contributed by atoms with Gasteiger partial charge < -0.3 is 26.2 Å². The Labute approximate surface area is 248 Å². The zero-order valence-electron chi connectivity index (χ0n) is 24.6. The van der Waals surface area contributed by atoms with Gasteiger partial charge in [-0.05, 0) is 30.5 Å². The lowest BCUT2D eigenvalue weighted by Gasteiger charge is -2.12. The van der Waals surface area contributed by atoms with Crippen LogP contribution in [0.4, 0.5) is 0 Å². The fourth-order valence-corrected chi connectivity index (χ4v) is 4.40. The van der Waals surface area contributed by atoms with Crippen molar-refractivity contribution in [2.24, 2.45) is 5.73 Å². The molecule has 0 aromatic heterocycles. The number of amides is 2. The third-order valence-corrected chi connectivity index (χ3v) is 6.84. The minimum atomic E-state index is -0.827. The lowest BCUT2D eigenvalue weighted by Crippen LogP contribution is -2.46. The summed E-state index contributed by atoms with van der Waals surface area (Å²) in [6, 6.07) is 5.58. The Morgan fingerprint density at radius 1 is 0.750 bits per heavy atom. The lowest BCUT2D eigenvalue weighted by molar-refractivity contribution is -0.144. The summed E-state index contributed by atoms with van der Waals surface area (Å²) >= 11 is 0. The smallest absolute Gasteiger partial charge is 0.325 e. The Balaban J connectivity index is 0.0000152. The first-order chi connectivity index (χ1) is 18.9. The Bertz CT molecular complexity index is 792. The molecular weight excluding hydrogens is 530 g/mol. The van der Waals surface area contributed by atoms with Crippen LogP contribution in [0.25, 0.3) is 0 Å². The number of unbranched alkanes of at least 4 members (excludes halogenated alkanes) is 15. The molecule has 9 heteroatoms. The van der Waals surface area contributed by atoms with Gasteiger partial charge in [-0.25, -0.2) is 0 Å². The Morgan fingerprint density at radius 3 is 1.73 bits per heavy atom. The van der Waals surface area contributed by atoms with Crippen LogP contribution in [0.15, 0.2) is 24.3 Å². The third-order valence-electron chi connectivity index (χ3n) is 6.84. The number of hydrogen-bond acceptors (Lipinski definition) is 6. The number of phenols is 1. The fourth-order valence-electron chi connectivity index (χ4n) is 4.40. The molecule has 0 bridgehead atoms. The number of carbonyl (C=O) groups excluding carboxylic acids is 3. The van der Waals surface area contributed by atoms with Crippen molar-refractivity contribution in [3.63, 3.8) is 0 Å². The first-order valence-corrected chi connectivity index (χ1v) is 15.2. The maximum absolute atomic E-state index is 12.1. The first-order valence-electron chi connectivity index (χ1n) is 15.2. The van der Waals surface area contributed by atoms with Gasteiger partial charge in [0.15, 0.2) is 0 Å². The highest BCUT2D eigenvalue weighted by atomic mass is 35.5. The lowest BCUT2D eigenvalue weighted by atomic mass is 10.0. The summed E-state index contributed by atoms with van der Waals surface area (Å²) in [6.45, 7) is 2.12. The van der Waals surface area contributed by atoms with Crippen LogP contribution >= 0.6 is 12.4 Å². The average Bonchev–Trinajstić information content (AvgIpc) is 2.93. The van der Waals surface area contributed by atoms with Crippen molar-refractivity contribution in [1.82, 2.24) is 10.6 Å². The molecule has 0 radical (unpaired) electrons. The van der Waals surface area contributed by atoms with Crippen LogP contribution in [0, 0.1) is 0 Å². The zero-order valence-corrected chi connectivity index (χ0v) is 25.4. The monoisotopic (exact) mass is 583 g/mol. The number of carbonyl (C=O) groups is 3. The van der Waals surface area contributed by atoms with E-state index in [0.717, 1.165) is 24.8 Å². The quantitative estimate of drug-likeness (QED) is 0.0909. The van der Waals surface area contributed by atoms with Gasteiger partial charge in [0, 0.05) is 0 Å². The number of halogens is 1. The predicted molar refractivity (Wildman–Crippen MR) is 164 cm³/mol. The molecule has 2 amide bonds. The maximum Gasteiger partial charge on any atom is 0.325 e. The number of ether oxygens (including phenoxy) is 1. The highest BCUT2D eigenvalue weighted by Crippen LogP contribution is 2.14. The summed E-state index contributed by atoms with van der Waals surface area (Å²) in [6.07, 6.45) is 20.9. The van der Waals surface area contributed by atoms with E-state index in [-0.39, 0.29) is 37.7 Å². The van der Waals surface area contributed by atoms with E-state index in [4.69, 9.17) is 10.5 Å². The summed E-state index contributed by atoms with van der Waals surface area (Å²) < 4.78 is 5.17. The van der Waals surface area contributed by atoms with Gasteiger partial charge in [0.2, 0.25) is 11.8 Å². The second-order valence-corrected chi connectivity index (χ2v) is 10.5. The van der Waals surface area contributed by atoms with Crippen LogP contribution in [0.3, 0.4) is 0 Å². The second-order valence-electron chi connectivity index (χ2n) is 10.5. The van der Waals surface area contributed by atoms with E-state index >= 15 is 0 Å². The molecule has 1 atom stereocenters. The summed E-state index contributed by atoms with van der Waals surface area (Å²) in [5, 5.41) is 14.2. The van der Waals surface area contributed by atoms with Crippen molar-refractivity contribution in [3.05, 3.63) is 29.8 Å². The summed E-state index contributed by atoms with van der Waals surface area (Å²) in [4.78, 5) is 35.8. The molecule has 0 saturated carbocycles. The van der Waals surface area contributed by atoms with Gasteiger partial charge in [-0.15, -0.1) is 12.4 Å². The molecule has 0 unspecified atom stereocenters. The molecule has 0 saturated heterocycles. The van der Waals surface area contributed by atoms with Crippen molar-refractivity contribution in [3.8, 4) is 5.75 Å². The molecule has 0 aliphatic carbocycles. The average molecular weight is 584 g/mol. The Hall–Kier alpha value is -2.32. The van der Waals surface area contributed by atoms with Crippen LogP contribution in [0.1, 0.15) is 115 Å². The van der Waals surface area contributed by atoms with Crippen LogP contribution in [0.5, 0.6) is 5.75 Å². The van der Waals surface area contributed by atoms with Crippen LogP contribution < -0.4 is 16.4 Å². The molecule has 8 nitrogen and oxygen atoms in total. The maximum atomic E-state index is 12.1. The molecule has 0 aliphatic rings. The fraction of sp³-hybridized carbons (Fsp3) is 0.710. The predicted octanol–water partition coefficient (Wildman–Crippen LogP) is 5.72. The van der Waals surface area contributed by atoms with Gasteiger partial charge in [0.05, 0.1) is 19.2 Å². The van der Waals surface area contributed by atoms with Gasteiger partial charge in [-0.1, -0.05) is 115 Å². The molecule has 0 heterocycles. The molecule has 1 aromatic rings. The van der Waals surface area contributed by atoms with E-state index < -0.39 is 23.8 Å². The van der Waals surface area contributed by atoms with E-state index in [0.29, 0.717) is 6.61 Å². The molecule has 40 heavy (non-hydrogen) atoms. The van der Waals surface area contributed by atoms with Gasteiger partial charge in [0.1, 0.15) is 12.3 Å². The standard InChI is InChI=1S/C31H53N3O5.ClH/c1-2-3-4-5-6-7-8-9-10-11-12-13-14-15-16-17-22-39-30(37)25-33-29(36)24-34-31(38)28(32)23-26-18-20-27(35)21-19-26;/h18-21,28,35H,2-17,22-25,32H2,1H3,(H,33,36)(H,34,38);1H/t28-;/m0./s1. The van der Waals surface area contributed by atoms with Gasteiger partial charge in [-0.3, -0.25) is 14.4 Å². The molecule has 1 aromatic carbocycles. The number of benzene rings is 1. The minimum Gasteiger partial charge on any atom is -0.508 e. The minimum absolute atomic E-state index is 0. The Kier molecular flexibility index (Phi) is 24.1. The number of hydrogen-bond donors (Lipinski definition) is 4. The molecule has 0 fully saturated rings. The normalized spacial score (nSPS) is 11.3. The van der Waals surface area contributed by atoms with E-state index in [1.54, 1.807) is 12.1 Å². The van der Waals surface area contributed by atoms with Crippen molar-refractivity contribution in [1.29, 1.82) is 0 Å². The molecular formula is C31H54ClN3O5. The highest BCUT2D eigenvalue weighted by molar-refractivity contribution is 5.88. The van der Waals surface area contributed by atoms with Gasteiger partial charge in [-0.2, -0.15) is 0 Å². The number of nitrogens with one attached hydrogen (secondary N) is 2. The number of aromatic hydroxyl groups is 1. The molecule has 5 N–H and O–H groups in total. The molecule has 0 aliphatic heterocycles. The van der Waals surface area contributed by atoms with E-state index in [2.05, 4.69) is 17.6 Å². The summed E-state index contributed by atoms with van der Waals surface area (Å²) in [7, 11) is 0. The highest BCUT2D eigenvalue weighted by Gasteiger charge is 2.15. The summed E-state index contributed by atoms with van der Waals surface area (Å²) in [5.74, 6) is -1.31. The molecule has 0 spiro atoms. The molecule has 1 rings (SSSR count). The van der Waals surface area contributed by atoms with E-state index in [1.165, 1.54) is 95.6 Å². The van der Waals surface area contributed by atoms with Crippen molar-refractivity contribution < 1.29 is 24.2 Å². The zero-order chi connectivity index (χ0) is 28.6. The first kappa shape index (κ1) is 37.7. The topological polar surface area (TPSA) is 131 Å². The number of nitrogens with two attached hydrogens (primary N) is 1. The van der Waals surface area contributed by atoms with Gasteiger partial charge >= 0.3 is 5.97 Å². The third kappa shape index (κ3) is 21.5. The summed E-state index contributed by atoms with van der Waals surface area (Å²) in [5.41, 5.74) is 6.67. The largest absolute Gasteiger partial charge is 0.508 e. The van der Waals surface area contributed by atoms with Crippen molar-refractivity contribution in [2.75, 3.05) is 19.7 Å². The van der Waals surface area contributed by atoms with E-state index in [9.17, 15) is 19.5 Å². The number of phenolic OH excluding ortho intramolecular Hbond substituents is 1. The Morgan fingerprint density at radius 2 is 1.23 bits per heavy atom. The van der Waals surface area contributed by atoms with Gasteiger partial charge in [0.25, 0.3) is 0 Å². The van der Waals surface area contributed by atoms with Crippen LogP contribution in [-0.2, 0) is 25.5 Å². The van der Waals surface area contributed by atoms with E-state index in [1.807, 2.05) is 0 Å². The van der Waals surface area contributed by atoms with Crippen LogP contribution in [-0.4, -0.2) is 48.6 Å². The molecule has 230 valence electrons. The van der Waals surface area contributed by atoms with Crippen molar-refractivity contribution in [2.45, 2.75) is 122 Å². The second kappa shape index (κ2) is 25.6. The van der Waals surface area contributed by atoms with Crippen LogP contribution in [0.2, 0.25) is 0 Å². The SMILES string of the molecule is CCCCCCCCCCCCCCCCCCOC(=O)CNC(=O)CNC(=O)[C@@H](N)Cc1ccc(O)cc1.Cl. The number of esters is 1. The number of rotatable bonds is 24. The van der Waals surface area contributed by atoms with Crippen molar-refractivity contribution >= 4 is 30.2 Å².